The maximum Gasteiger partial charge on any atom is 0.275 e. The van der Waals surface area contributed by atoms with Gasteiger partial charge in [-0.05, 0) is 66.9 Å². The van der Waals surface area contributed by atoms with Crippen molar-refractivity contribution in [2.45, 2.75) is 25.9 Å². The minimum atomic E-state index is -0.267. The minimum absolute atomic E-state index is 0.0257. The van der Waals surface area contributed by atoms with E-state index in [1.54, 1.807) is 4.57 Å². The summed E-state index contributed by atoms with van der Waals surface area (Å²) in [6.07, 6.45) is 2.71. The molecule has 0 atom stereocenters. The molecular formula is C32H33F2N5O2. The van der Waals surface area contributed by atoms with E-state index in [0.29, 0.717) is 30.2 Å². The van der Waals surface area contributed by atoms with Crippen LogP contribution in [0.4, 0.5) is 8.78 Å². The molecule has 0 amide bonds. The van der Waals surface area contributed by atoms with Gasteiger partial charge in [0.25, 0.3) is 5.56 Å². The van der Waals surface area contributed by atoms with Crippen LogP contribution in [0.2, 0.25) is 0 Å². The molecule has 2 aromatic carbocycles. The number of nitrogens with zero attached hydrogens (tertiary/aromatic N) is 5. The maximum absolute atomic E-state index is 13.6. The summed E-state index contributed by atoms with van der Waals surface area (Å²) in [7, 11) is 0. The largest absolute Gasteiger partial charge is 0.478 e. The molecular weight excluding hydrogens is 524 g/mol. The number of pyridine rings is 1. The molecule has 0 saturated carbocycles. The summed E-state index contributed by atoms with van der Waals surface area (Å²) in [5.74, 6) is 0.00790. The van der Waals surface area contributed by atoms with Crippen molar-refractivity contribution in [2.24, 2.45) is 0 Å². The number of rotatable bonds is 9. The molecule has 1 aliphatic rings. The van der Waals surface area contributed by atoms with Gasteiger partial charge in [-0.15, -0.1) is 0 Å². The highest BCUT2D eigenvalue weighted by Crippen LogP contribution is 2.30. The number of benzene rings is 2. The lowest BCUT2D eigenvalue weighted by Crippen LogP contribution is -2.48. The molecule has 0 aliphatic carbocycles. The first-order valence-electron chi connectivity index (χ1n) is 14.1. The maximum atomic E-state index is 13.6. The molecule has 7 nitrogen and oxygen atoms in total. The van der Waals surface area contributed by atoms with Gasteiger partial charge in [0.15, 0.2) is 5.65 Å². The van der Waals surface area contributed by atoms with E-state index in [2.05, 4.69) is 9.80 Å². The molecule has 41 heavy (non-hydrogen) atoms. The van der Waals surface area contributed by atoms with Gasteiger partial charge in [0.2, 0.25) is 5.88 Å². The number of halogens is 2. The monoisotopic (exact) mass is 557 g/mol. The molecule has 0 unspecified atom stereocenters. The second-order valence-corrected chi connectivity index (χ2v) is 10.4. The van der Waals surface area contributed by atoms with Crippen LogP contribution in [0.15, 0.2) is 83.8 Å². The Morgan fingerprint density at radius 2 is 1.51 bits per heavy atom. The lowest BCUT2D eigenvalue weighted by atomic mass is 9.96. The molecule has 0 spiro atoms. The Kier molecular flexibility index (Phi) is 7.80. The van der Waals surface area contributed by atoms with Crippen LogP contribution in [0.3, 0.4) is 0 Å². The Bertz CT molecular complexity index is 1640. The lowest BCUT2D eigenvalue weighted by molar-refractivity contribution is 0.104. The number of hydrogen-bond acceptors (Lipinski definition) is 5. The van der Waals surface area contributed by atoms with E-state index in [1.807, 2.05) is 66.1 Å². The van der Waals surface area contributed by atoms with Crippen LogP contribution >= 0.6 is 0 Å². The molecule has 6 rings (SSSR count). The fraction of sp³-hybridized carbons (Fsp3) is 0.312. The fourth-order valence-corrected chi connectivity index (χ4v) is 5.81. The molecule has 9 heteroatoms. The van der Waals surface area contributed by atoms with Gasteiger partial charge < -0.3 is 14.2 Å². The smallest absolute Gasteiger partial charge is 0.275 e. The predicted octanol–water partition coefficient (Wildman–Crippen LogP) is 5.12. The van der Waals surface area contributed by atoms with Crippen LogP contribution in [0.1, 0.15) is 30.5 Å². The highest BCUT2D eigenvalue weighted by Gasteiger charge is 2.26. The standard InChI is InChI=1S/C32H33F2N5O2/c1-2-38-27-14-15-29(35-31(27)39-17-3-5-28(39)32(38)40)41-22-4-16-36-18-20-37(21-19-36)30(23-6-10-25(33)11-7-23)24-8-12-26(34)13-9-24/h3,5-15,17,30H,2,4,16,18-22H2,1H3. The van der Waals surface area contributed by atoms with Crippen molar-refractivity contribution < 1.29 is 13.5 Å². The number of piperazine rings is 1. The van der Waals surface area contributed by atoms with Gasteiger partial charge in [-0.3, -0.25) is 14.1 Å². The van der Waals surface area contributed by atoms with Crippen LogP contribution < -0.4 is 10.3 Å². The van der Waals surface area contributed by atoms with Crippen molar-refractivity contribution >= 4 is 16.7 Å². The normalized spacial score (nSPS) is 14.8. The molecule has 1 fully saturated rings. The van der Waals surface area contributed by atoms with Gasteiger partial charge in [0, 0.05) is 51.5 Å². The van der Waals surface area contributed by atoms with Crippen LogP contribution in [0.5, 0.6) is 5.88 Å². The average Bonchev–Trinajstić information content (AvgIpc) is 3.50. The Labute approximate surface area is 237 Å². The molecule has 1 saturated heterocycles. The third-order valence-electron chi connectivity index (χ3n) is 7.89. The Morgan fingerprint density at radius 3 is 2.15 bits per heavy atom. The third-order valence-corrected chi connectivity index (χ3v) is 7.89. The van der Waals surface area contributed by atoms with Crippen LogP contribution in [-0.4, -0.2) is 63.1 Å². The molecule has 1 aliphatic heterocycles. The zero-order valence-corrected chi connectivity index (χ0v) is 23.0. The number of fused-ring (bicyclic) bond motifs is 3. The van der Waals surface area contributed by atoms with Crippen molar-refractivity contribution in [3.8, 4) is 5.88 Å². The van der Waals surface area contributed by atoms with Gasteiger partial charge in [0.1, 0.15) is 17.2 Å². The summed E-state index contributed by atoms with van der Waals surface area (Å²) in [5, 5.41) is 0. The van der Waals surface area contributed by atoms with Gasteiger partial charge in [-0.2, -0.15) is 4.98 Å². The van der Waals surface area contributed by atoms with Gasteiger partial charge >= 0.3 is 0 Å². The number of aryl methyl sites for hydroxylation is 1. The van der Waals surface area contributed by atoms with E-state index in [9.17, 15) is 13.6 Å². The number of ether oxygens (including phenoxy) is 1. The molecule has 3 aromatic heterocycles. The molecule has 4 heterocycles. The van der Waals surface area contributed by atoms with Crippen molar-refractivity contribution in [1.29, 1.82) is 0 Å². The van der Waals surface area contributed by atoms with E-state index < -0.39 is 0 Å². The molecule has 0 N–H and O–H groups in total. The molecule has 0 radical (unpaired) electrons. The second-order valence-electron chi connectivity index (χ2n) is 10.4. The zero-order valence-electron chi connectivity index (χ0n) is 23.0. The third kappa shape index (κ3) is 5.60. The summed E-state index contributed by atoms with van der Waals surface area (Å²) in [6, 6.07) is 20.5. The Hall–Kier alpha value is -4.08. The number of hydrogen-bond donors (Lipinski definition) is 0. The topological polar surface area (TPSA) is 55.0 Å². The van der Waals surface area contributed by atoms with E-state index in [1.165, 1.54) is 24.3 Å². The van der Waals surface area contributed by atoms with Crippen LogP contribution in [0.25, 0.3) is 16.7 Å². The minimum Gasteiger partial charge on any atom is -0.478 e. The summed E-state index contributed by atoms with van der Waals surface area (Å²) in [6.45, 7) is 7.44. The average molecular weight is 558 g/mol. The van der Waals surface area contributed by atoms with E-state index in [-0.39, 0.29) is 23.2 Å². The van der Waals surface area contributed by atoms with Crippen LogP contribution in [-0.2, 0) is 6.54 Å². The second kappa shape index (κ2) is 11.8. The fourth-order valence-electron chi connectivity index (χ4n) is 5.81. The molecule has 212 valence electrons. The highest BCUT2D eigenvalue weighted by atomic mass is 19.1. The molecule has 0 bridgehead atoms. The van der Waals surface area contributed by atoms with Gasteiger partial charge in [-0.25, -0.2) is 8.78 Å². The summed E-state index contributed by atoms with van der Waals surface area (Å²) in [5.41, 5.74) is 4.06. The predicted molar refractivity (Wildman–Crippen MR) is 155 cm³/mol. The zero-order chi connectivity index (χ0) is 28.3. The quantitative estimate of drug-likeness (QED) is 0.236. The first kappa shape index (κ1) is 27.1. The SMILES string of the molecule is CCn1c(=O)c2cccn2c2nc(OCCCN3CCN(C(c4ccc(F)cc4)c4ccc(F)cc4)CC3)ccc21. The van der Waals surface area contributed by atoms with Crippen LogP contribution in [0, 0.1) is 11.6 Å². The summed E-state index contributed by atoms with van der Waals surface area (Å²) in [4.78, 5) is 22.3. The van der Waals surface area contributed by atoms with E-state index in [0.717, 1.165) is 55.8 Å². The van der Waals surface area contributed by atoms with Crippen molar-refractivity contribution in [3.05, 3.63) is 112 Å². The highest BCUT2D eigenvalue weighted by molar-refractivity contribution is 5.75. The summed E-state index contributed by atoms with van der Waals surface area (Å²) < 4.78 is 36.8. The van der Waals surface area contributed by atoms with Gasteiger partial charge in [0.05, 0.1) is 18.2 Å². The van der Waals surface area contributed by atoms with E-state index in [4.69, 9.17) is 9.72 Å². The Balaban J connectivity index is 1.06. The van der Waals surface area contributed by atoms with Crippen molar-refractivity contribution in [3.63, 3.8) is 0 Å². The van der Waals surface area contributed by atoms with Crippen molar-refractivity contribution in [2.75, 3.05) is 39.3 Å². The first-order chi connectivity index (χ1) is 20.0. The number of aromatic nitrogens is 3. The van der Waals surface area contributed by atoms with Crippen molar-refractivity contribution in [1.82, 2.24) is 23.8 Å². The Morgan fingerprint density at radius 1 is 0.854 bits per heavy atom. The summed E-state index contributed by atoms with van der Waals surface area (Å²) >= 11 is 0. The van der Waals surface area contributed by atoms with Gasteiger partial charge in [-0.1, -0.05) is 24.3 Å². The molecule has 5 aromatic rings. The van der Waals surface area contributed by atoms with E-state index >= 15 is 0 Å². The first-order valence-corrected chi connectivity index (χ1v) is 14.1. The lowest BCUT2D eigenvalue weighted by Gasteiger charge is -2.39.